The summed E-state index contributed by atoms with van der Waals surface area (Å²) in [5.41, 5.74) is 3.53. The Kier molecular flexibility index (Phi) is 5.66. The van der Waals surface area contributed by atoms with Crippen LogP contribution in [0, 0.1) is 21.4 Å². The molecule has 140 valence electrons. The molecule has 2 heterocycles. The number of para-hydroxylation sites is 1. The molecule has 1 unspecified atom stereocenters. The number of hydrogen-bond donors (Lipinski definition) is 1. The van der Waals surface area contributed by atoms with Crippen molar-refractivity contribution in [2.45, 2.75) is 39.0 Å². The van der Waals surface area contributed by atoms with Crippen molar-refractivity contribution in [2.24, 2.45) is 4.99 Å². The number of nitro benzene ring substituents is 1. The summed E-state index contributed by atoms with van der Waals surface area (Å²) in [5.74, 6) is -0.538. The summed E-state index contributed by atoms with van der Waals surface area (Å²) in [5, 5.41) is 21.7. The van der Waals surface area contributed by atoms with Gasteiger partial charge in [-0.15, -0.1) is 12.6 Å². The van der Waals surface area contributed by atoms with Gasteiger partial charge in [-0.3, -0.25) is 10.1 Å². The van der Waals surface area contributed by atoms with Gasteiger partial charge >= 0.3 is 0 Å². The fourth-order valence-corrected chi connectivity index (χ4v) is 4.28. The molecular formula is C20H22N4O2S. The van der Waals surface area contributed by atoms with Crippen LogP contribution in [0.2, 0.25) is 0 Å². The summed E-state index contributed by atoms with van der Waals surface area (Å²) in [4.78, 5) is 18.0. The van der Waals surface area contributed by atoms with Gasteiger partial charge < -0.3 is 4.90 Å². The Morgan fingerprint density at radius 2 is 2.00 bits per heavy atom. The molecule has 0 saturated carbocycles. The van der Waals surface area contributed by atoms with Crippen LogP contribution < -0.4 is 0 Å². The Morgan fingerprint density at radius 3 is 2.63 bits per heavy atom. The number of nitriles is 1. The largest absolute Gasteiger partial charge is 0.375 e. The van der Waals surface area contributed by atoms with E-state index in [4.69, 9.17) is 0 Å². The molecule has 0 amide bonds. The summed E-state index contributed by atoms with van der Waals surface area (Å²) in [6, 6.07) is 8.82. The van der Waals surface area contributed by atoms with Gasteiger partial charge in [-0.1, -0.05) is 18.2 Å². The number of hydrogen-bond acceptors (Lipinski definition) is 6. The van der Waals surface area contributed by atoms with E-state index in [9.17, 15) is 15.4 Å². The van der Waals surface area contributed by atoms with Gasteiger partial charge in [0, 0.05) is 41.7 Å². The Hall–Kier alpha value is -2.59. The average Bonchev–Trinajstić information content (AvgIpc) is 2.67. The summed E-state index contributed by atoms with van der Waals surface area (Å²) in [6.45, 7) is 5.81. The molecule has 0 radical (unpaired) electrons. The minimum Gasteiger partial charge on any atom is -0.375 e. The number of thiol groups is 1. The second kappa shape index (κ2) is 7.97. The van der Waals surface area contributed by atoms with Gasteiger partial charge in [0.1, 0.15) is 5.03 Å². The van der Waals surface area contributed by atoms with Crippen molar-refractivity contribution < 1.29 is 4.92 Å². The molecule has 0 aliphatic carbocycles. The van der Waals surface area contributed by atoms with Gasteiger partial charge in [-0.2, -0.15) is 5.26 Å². The lowest BCUT2D eigenvalue weighted by Gasteiger charge is -2.34. The molecule has 1 fully saturated rings. The van der Waals surface area contributed by atoms with Crippen molar-refractivity contribution in [3.63, 3.8) is 0 Å². The van der Waals surface area contributed by atoms with Crippen LogP contribution >= 0.6 is 12.6 Å². The van der Waals surface area contributed by atoms with Crippen LogP contribution in [-0.4, -0.2) is 28.6 Å². The summed E-state index contributed by atoms with van der Waals surface area (Å²) in [6.07, 6.45) is 3.45. The molecule has 0 bridgehead atoms. The molecule has 2 aliphatic rings. The first-order valence-corrected chi connectivity index (χ1v) is 9.48. The molecule has 7 heteroatoms. The van der Waals surface area contributed by atoms with Crippen molar-refractivity contribution in [2.75, 3.05) is 13.1 Å². The molecule has 1 aromatic rings. The van der Waals surface area contributed by atoms with E-state index < -0.39 is 10.8 Å². The van der Waals surface area contributed by atoms with Crippen LogP contribution in [0.3, 0.4) is 0 Å². The molecule has 0 N–H and O–H groups in total. The van der Waals surface area contributed by atoms with E-state index in [1.165, 1.54) is 12.5 Å². The lowest BCUT2D eigenvalue weighted by molar-refractivity contribution is -0.385. The number of nitro groups is 1. The van der Waals surface area contributed by atoms with Gasteiger partial charge in [-0.05, 0) is 33.1 Å². The molecule has 0 aromatic heterocycles. The summed E-state index contributed by atoms with van der Waals surface area (Å²) in [7, 11) is 0. The monoisotopic (exact) mass is 382 g/mol. The highest BCUT2D eigenvalue weighted by Crippen LogP contribution is 2.44. The minimum absolute atomic E-state index is 0.00928. The molecule has 2 aliphatic heterocycles. The number of likely N-dealkylation sites (tertiary alicyclic amines) is 1. The Labute approximate surface area is 164 Å². The van der Waals surface area contributed by atoms with Crippen LogP contribution in [0.15, 0.2) is 51.1 Å². The van der Waals surface area contributed by atoms with Gasteiger partial charge in [0.05, 0.1) is 22.5 Å². The first-order chi connectivity index (χ1) is 13.0. The molecule has 6 nitrogen and oxygen atoms in total. The van der Waals surface area contributed by atoms with Crippen molar-refractivity contribution in [1.82, 2.24) is 4.90 Å². The van der Waals surface area contributed by atoms with E-state index in [2.05, 4.69) is 28.6 Å². The SMILES string of the molecule is CC1=NC(S)=C(C#N)C(c2ccccc2[N+](=O)[O-])C1=C(C)N1CCCCC1. The maximum Gasteiger partial charge on any atom is 0.273 e. The van der Waals surface area contributed by atoms with Crippen LogP contribution in [0.5, 0.6) is 0 Å². The Bertz CT molecular complexity index is 905. The summed E-state index contributed by atoms with van der Waals surface area (Å²) < 4.78 is 0. The third kappa shape index (κ3) is 3.62. The molecule has 1 aromatic carbocycles. The highest BCUT2D eigenvalue weighted by atomic mass is 32.1. The minimum atomic E-state index is -0.538. The maximum atomic E-state index is 11.6. The number of benzene rings is 1. The van der Waals surface area contributed by atoms with E-state index >= 15 is 0 Å². The number of aliphatic imine (C=N–C) groups is 1. The number of allylic oxidation sites excluding steroid dienone is 3. The highest BCUT2D eigenvalue weighted by molar-refractivity contribution is 7.84. The number of piperidine rings is 1. The molecule has 1 atom stereocenters. The molecule has 1 saturated heterocycles. The van der Waals surface area contributed by atoms with Crippen LogP contribution in [0.4, 0.5) is 5.69 Å². The van der Waals surface area contributed by atoms with Crippen molar-refractivity contribution >= 4 is 24.0 Å². The van der Waals surface area contributed by atoms with Gasteiger partial charge in [0.25, 0.3) is 5.69 Å². The zero-order valence-corrected chi connectivity index (χ0v) is 16.4. The third-order valence-electron chi connectivity index (χ3n) is 5.27. The number of rotatable bonds is 3. The van der Waals surface area contributed by atoms with Gasteiger partial charge in [-0.25, -0.2) is 4.99 Å². The Balaban J connectivity index is 2.24. The molecule has 3 rings (SSSR count). The quantitative estimate of drug-likeness (QED) is 0.471. The van der Waals surface area contributed by atoms with Gasteiger partial charge in [0.2, 0.25) is 0 Å². The lowest BCUT2D eigenvalue weighted by Crippen LogP contribution is -2.31. The normalized spacial score (nSPS) is 22.2. The fraction of sp³-hybridized carbons (Fsp3) is 0.400. The predicted octanol–water partition coefficient (Wildman–Crippen LogP) is 4.58. The first-order valence-electron chi connectivity index (χ1n) is 9.03. The topological polar surface area (TPSA) is 82.5 Å². The predicted molar refractivity (Wildman–Crippen MR) is 109 cm³/mol. The molecular weight excluding hydrogens is 360 g/mol. The van der Waals surface area contributed by atoms with E-state index in [0.29, 0.717) is 16.2 Å². The van der Waals surface area contributed by atoms with Crippen molar-refractivity contribution in [1.29, 1.82) is 5.26 Å². The third-order valence-corrected chi connectivity index (χ3v) is 5.61. The zero-order chi connectivity index (χ0) is 19.6. The summed E-state index contributed by atoms with van der Waals surface area (Å²) >= 11 is 4.39. The van der Waals surface area contributed by atoms with E-state index in [1.807, 2.05) is 13.8 Å². The standard InChI is InChI=1S/C20H22N4O2S/c1-13-18(14(2)23-10-6-3-7-11-23)19(16(12-21)20(27)22-13)15-8-4-5-9-17(15)24(25)26/h4-5,8-9,19,27H,3,6-7,10-11H2,1-2H3. The van der Waals surface area contributed by atoms with E-state index in [0.717, 1.165) is 42.9 Å². The van der Waals surface area contributed by atoms with Crippen LogP contribution in [0.1, 0.15) is 44.6 Å². The molecule has 27 heavy (non-hydrogen) atoms. The highest BCUT2D eigenvalue weighted by Gasteiger charge is 2.35. The first kappa shape index (κ1) is 19.2. The smallest absolute Gasteiger partial charge is 0.273 e. The van der Waals surface area contributed by atoms with Gasteiger partial charge in [0.15, 0.2) is 0 Å². The second-order valence-electron chi connectivity index (χ2n) is 6.84. The van der Waals surface area contributed by atoms with Crippen molar-refractivity contribution in [3.05, 3.63) is 61.8 Å². The Morgan fingerprint density at radius 1 is 1.33 bits per heavy atom. The van der Waals surface area contributed by atoms with Crippen LogP contribution in [0.25, 0.3) is 0 Å². The van der Waals surface area contributed by atoms with E-state index in [-0.39, 0.29) is 5.69 Å². The van der Waals surface area contributed by atoms with E-state index in [1.54, 1.807) is 18.2 Å². The maximum absolute atomic E-state index is 11.6. The average molecular weight is 382 g/mol. The van der Waals surface area contributed by atoms with Crippen LogP contribution in [-0.2, 0) is 0 Å². The second-order valence-corrected chi connectivity index (χ2v) is 7.27. The lowest BCUT2D eigenvalue weighted by atomic mass is 9.80. The van der Waals surface area contributed by atoms with Crippen molar-refractivity contribution in [3.8, 4) is 6.07 Å². The fourth-order valence-electron chi connectivity index (χ4n) is 3.96. The molecule has 0 spiro atoms. The number of nitrogens with zero attached hydrogens (tertiary/aromatic N) is 4. The zero-order valence-electron chi connectivity index (χ0n) is 15.5.